The predicted octanol–water partition coefficient (Wildman–Crippen LogP) is 1.00. The molecule has 1 amide bonds. The number of ether oxygens (including phenoxy) is 1. The Labute approximate surface area is 156 Å². The number of sulfonamides is 1. The molecule has 0 heterocycles. The van der Waals surface area contributed by atoms with Gasteiger partial charge in [-0.3, -0.25) is 9.59 Å². The van der Waals surface area contributed by atoms with Crippen molar-refractivity contribution in [2.75, 3.05) is 5.73 Å². The second-order valence-electron chi connectivity index (χ2n) is 5.49. The lowest BCUT2D eigenvalue weighted by atomic mass is 9.99. The average Bonchev–Trinajstić information content (AvgIpc) is 2.60. The molecule has 0 saturated heterocycles. The molecule has 0 spiro atoms. The molecule has 0 fully saturated rings. The number of nitrogen functional groups attached to an aromatic ring is 1. The Morgan fingerprint density at radius 1 is 1.19 bits per heavy atom. The number of benzene rings is 2. The molecule has 9 heteroatoms. The van der Waals surface area contributed by atoms with Crippen LogP contribution in [-0.2, 0) is 14.8 Å². The summed E-state index contributed by atoms with van der Waals surface area (Å²) in [6.45, 7) is 0. The fourth-order valence-corrected chi connectivity index (χ4v) is 3.34. The average molecular weight is 387 g/mol. The number of carbonyl (C=O) groups is 2. The lowest BCUT2D eigenvalue weighted by Gasteiger charge is -2.17. The van der Waals surface area contributed by atoms with Crippen LogP contribution in [0.3, 0.4) is 0 Å². The van der Waals surface area contributed by atoms with E-state index < -0.39 is 38.1 Å². The number of primary amides is 1. The third kappa shape index (κ3) is 4.44. The van der Waals surface area contributed by atoms with E-state index in [-0.39, 0.29) is 24.1 Å². The minimum Gasteiger partial charge on any atom is -0.425 e. The van der Waals surface area contributed by atoms with E-state index in [1.807, 2.05) is 0 Å². The van der Waals surface area contributed by atoms with Crippen molar-refractivity contribution in [1.82, 2.24) is 0 Å². The molecule has 0 radical (unpaired) electrons. The molecule has 0 unspecified atom stereocenters. The predicted molar refractivity (Wildman–Crippen MR) is 99.9 cm³/mol. The highest BCUT2D eigenvalue weighted by atomic mass is 32.2. The number of anilines is 1. The van der Waals surface area contributed by atoms with Gasteiger partial charge in [-0.2, -0.15) is 0 Å². The number of terminal acetylenes is 1. The van der Waals surface area contributed by atoms with Crippen LogP contribution in [0.1, 0.15) is 23.2 Å². The summed E-state index contributed by atoms with van der Waals surface area (Å²) in [4.78, 5) is 23.2. The fraction of sp³-hybridized carbons (Fsp3) is 0.111. The minimum atomic E-state index is -4.50. The third-order valence-electron chi connectivity index (χ3n) is 3.60. The lowest BCUT2D eigenvalue weighted by Crippen LogP contribution is -2.24. The van der Waals surface area contributed by atoms with Crippen molar-refractivity contribution in [3.8, 4) is 29.2 Å². The maximum atomic E-state index is 12.1. The van der Waals surface area contributed by atoms with Crippen LogP contribution >= 0.6 is 0 Å². The molecule has 140 valence electrons. The summed E-state index contributed by atoms with van der Waals surface area (Å²) in [7, 11) is -4.50. The van der Waals surface area contributed by atoms with Gasteiger partial charge in [-0.15, -0.1) is 12.3 Å². The summed E-state index contributed by atoms with van der Waals surface area (Å²) < 4.78 is 29.3. The molecule has 0 aliphatic heterocycles. The van der Waals surface area contributed by atoms with Crippen LogP contribution in [-0.4, -0.2) is 20.3 Å². The molecule has 0 aliphatic rings. The molecular formula is C18H17N3O5S. The number of hydrogen-bond acceptors (Lipinski definition) is 6. The van der Waals surface area contributed by atoms with Crippen molar-refractivity contribution in [2.24, 2.45) is 10.9 Å². The summed E-state index contributed by atoms with van der Waals surface area (Å²) in [6, 6.07) is 9.77. The summed E-state index contributed by atoms with van der Waals surface area (Å²) in [5.41, 5.74) is 11.4. The summed E-state index contributed by atoms with van der Waals surface area (Å²) in [6.07, 6.45) is 5.04. The zero-order valence-electron chi connectivity index (χ0n) is 14.1. The van der Waals surface area contributed by atoms with Crippen molar-refractivity contribution in [2.45, 2.75) is 17.7 Å². The first kappa shape index (κ1) is 20.0. The van der Waals surface area contributed by atoms with Gasteiger partial charge >= 0.3 is 5.97 Å². The van der Waals surface area contributed by atoms with E-state index in [1.54, 1.807) is 30.3 Å². The van der Waals surface area contributed by atoms with Crippen molar-refractivity contribution in [1.29, 1.82) is 0 Å². The third-order valence-corrected chi connectivity index (χ3v) is 4.57. The highest BCUT2D eigenvalue weighted by molar-refractivity contribution is 7.89. The van der Waals surface area contributed by atoms with Crippen molar-refractivity contribution >= 4 is 27.6 Å². The molecule has 27 heavy (non-hydrogen) atoms. The fourth-order valence-electron chi connectivity index (χ4n) is 2.46. The highest BCUT2D eigenvalue weighted by Crippen LogP contribution is 2.39. The topological polar surface area (TPSA) is 156 Å². The minimum absolute atomic E-state index is 0.0900. The van der Waals surface area contributed by atoms with Gasteiger partial charge in [0.25, 0.3) is 5.91 Å². The van der Waals surface area contributed by atoms with Gasteiger partial charge in [0.2, 0.25) is 10.0 Å². The number of amides is 1. The van der Waals surface area contributed by atoms with Gasteiger partial charge in [0.1, 0.15) is 4.90 Å². The zero-order chi connectivity index (χ0) is 20.2. The maximum absolute atomic E-state index is 12.1. The SMILES string of the molecule is C#CCCC(=O)Oc1cc(-c2ccccc2)c(N)c(C(N)=O)c1S(N)(=O)=O. The number of nitrogens with two attached hydrogens (primary N) is 3. The van der Waals surface area contributed by atoms with Gasteiger partial charge in [0, 0.05) is 12.0 Å². The molecule has 6 N–H and O–H groups in total. The quantitative estimate of drug-likeness (QED) is 0.290. The normalized spacial score (nSPS) is 10.8. The van der Waals surface area contributed by atoms with Crippen molar-refractivity contribution in [3.63, 3.8) is 0 Å². The standard InChI is InChI=1S/C18H17N3O5S/c1-2-3-9-14(22)26-13-10-12(11-7-5-4-6-8-11)16(19)15(18(20)23)17(13)27(21,24)25/h1,4-8,10H,3,9,19H2,(H2,20,23)(H2,21,24,25). The first-order valence-electron chi connectivity index (χ1n) is 7.65. The highest BCUT2D eigenvalue weighted by Gasteiger charge is 2.29. The first-order chi connectivity index (χ1) is 12.7. The van der Waals surface area contributed by atoms with Crippen LogP contribution in [0.2, 0.25) is 0 Å². The van der Waals surface area contributed by atoms with E-state index in [0.29, 0.717) is 5.56 Å². The molecule has 0 aliphatic carbocycles. The number of esters is 1. The van der Waals surface area contributed by atoms with Crippen LogP contribution in [0.25, 0.3) is 11.1 Å². The van der Waals surface area contributed by atoms with Crippen LogP contribution in [0, 0.1) is 12.3 Å². The lowest BCUT2D eigenvalue weighted by molar-refractivity contribution is -0.134. The van der Waals surface area contributed by atoms with Crippen molar-refractivity contribution in [3.05, 3.63) is 42.0 Å². The van der Waals surface area contributed by atoms with Gasteiger partial charge in [-0.1, -0.05) is 30.3 Å². The Balaban J connectivity index is 2.79. The van der Waals surface area contributed by atoms with E-state index in [4.69, 9.17) is 27.8 Å². The monoisotopic (exact) mass is 387 g/mol. The smallest absolute Gasteiger partial charge is 0.312 e. The number of hydrogen-bond donors (Lipinski definition) is 3. The molecular weight excluding hydrogens is 370 g/mol. The Morgan fingerprint density at radius 3 is 2.33 bits per heavy atom. The van der Waals surface area contributed by atoms with Crippen LogP contribution < -0.4 is 21.3 Å². The Bertz CT molecular complexity index is 1040. The molecule has 8 nitrogen and oxygen atoms in total. The summed E-state index contributed by atoms with van der Waals surface area (Å²) >= 11 is 0. The van der Waals surface area contributed by atoms with E-state index in [1.165, 1.54) is 6.07 Å². The number of primary sulfonamides is 1. The summed E-state index contributed by atoms with van der Waals surface area (Å²) in [5, 5.41) is 5.21. The van der Waals surface area contributed by atoms with E-state index >= 15 is 0 Å². The van der Waals surface area contributed by atoms with E-state index in [9.17, 15) is 18.0 Å². The van der Waals surface area contributed by atoms with Gasteiger partial charge in [0.05, 0.1) is 17.7 Å². The molecule has 2 aromatic carbocycles. The van der Waals surface area contributed by atoms with Crippen LogP contribution in [0.5, 0.6) is 5.75 Å². The molecule has 2 rings (SSSR count). The molecule has 0 aromatic heterocycles. The van der Waals surface area contributed by atoms with Gasteiger partial charge in [0.15, 0.2) is 5.75 Å². The maximum Gasteiger partial charge on any atom is 0.312 e. The largest absolute Gasteiger partial charge is 0.425 e. The molecule has 0 atom stereocenters. The molecule has 2 aromatic rings. The van der Waals surface area contributed by atoms with E-state index in [2.05, 4.69) is 5.92 Å². The second kappa shape index (κ2) is 7.90. The van der Waals surface area contributed by atoms with Crippen molar-refractivity contribution < 1.29 is 22.7 Å². The molecule has 0 saturated carbocycles. The zero-order valence-corrected chi connectivity index (χ0v) is 15.0. The number of rotatable bonds is 6. The second-order valence-corrected chi connectivity index (χ2v) is 6.99. The van der Waals surface area contributed by atoms with E-state index in [0.717, 1.165) is 0 Å². The van der Waals surface area contributed by atoms with Crippen LogP contribution in [0.4, 0.5) is 5.69 Å². The first-order valence-corrected chi connectivity index (χ1v) is 9.20. The van der Waals surface area contributed by atoms with Gasteiger partial charge < -0.3 is 16.2 Å². The Hall–Kier alpha value is -3.35. The number of carbonyl (C=O) groups excluding carboxylic acids is 2. The Morgan fingerprint density at radius 2 is 1.81 bits per heavy atom. The van der Waals surface area contributed by atoms with Gasteiger partial charge in [-0.05, 0) is 11.6 Å². The Kier molecular flexibility index (Phi) is 5.85. The summed E-state index contributed by atoms with van der Waals surface area (Å²) in [5.74, 6) is -0.0997. The van der Waals surface area contributed by atoms with Crippen LogP contribution in [0.15, 0.2) is 41.3 Å². The molecule has 0 bridgehead atoms. The van der Waals surface area contributed by atoms with Gasteiger partial charge in [-0.25, -0.2) is 13.6 Å².